The van der Waals surface area contributed by atoms with Crippen molar-refractivity contribution in [2.24, 2.45) is 0 Å². The summed E-state index contributed by atoms with van der Waals surface area (Å²) in [6, 6.07) is 0. The molecule has 1 rings (SSSR count). The van der Waals surface area contributed by atoms with E-state index in [-0.39, 0.29) is 0 Å². The third kappa shape index (κ3) is 9.85. The van der Waals surface area contributed by atoms with Crippen molar-refractivity contribution >= 4 is 0 Å². The molecule has 1 aliphatic rings. The van der Waals surface area contributed by atoms with Gasteiger partial charge in [-0.05, 0) is 19.4 Å². The van der Waals surface area contributed by atoms with E-state index in [0.717, 1.165) is 26.5 Å². The van der Waals surface area contributed by atoms with Gasteiger partial charge in [-0.2, -0.15) is 0 Å². The van der Waals surface area contributed by atoms with Gasteiger partial charge in [0.2, 0.25) is 0 Å². The lowest BCUT2D eigenvalue weighted by molar-refractivity contribution is 0.266. The number of alkyl halides is 1. The molecule has 70 valence electrons. The third-order valence-corrected chi connectivity index (χ3v) is 1.24. The molecule has 1 atom stereocenters. The van der Waals surface area contributed by atoms with Crippen LogP contribution in [0.5, 0.6) is 0 Å². The van der Waals surface area contributed by atoms with Crippen LogP contribution in [0.25, 0.3) is 0 Å². The van der Waals surface area contributed by atoms with Crippen LogP contribution in [0.4, 0.5) is 4.39 Å². The summed E-state index contributed by atoms with van der Waals surface area (Å²) in [5, 5.41) is 9.96. The second kappa shape index (κ2) is 12.5. The predicted octanol–water partition coefficient (Wildman–Crippen LogP) is 1.34. The average Bonchev–Trinajstić information content (AvgIpc) is 2.13. The molecule has 1 fully saturated rings. The smallest absolute Gasteiger partial charge is 0.113 e. The average molecular weight is 165 g/mol. The maximum atomic E-state index is 12.1. The highest BCUT2D eigenvalue weighted by Crippen LogP contribution is 2.03. The Bertz CT molecular complexity index is 56.1. The molecule has 0 aromatic carbocycles. The highest BCUT2D eigenvalue weighted by Gasteiger charge is 2.08. The number of rotatable bonds is 0. The van der Waals surface area contributed by atoms with E-state index in [9.17, 15) is 4.39 Å². The maximum absolute atomic E-state index is 12.1. The van der Waals surface area contributed by atoms with Gasteiger partial charge in [-0.1, -0.05) is 13.8 Å². The van der Waals surface area contributed by atoms with Gasteiger partial charge < -0.3 is 10.4 Å². The second-order valence-corrected chi connectivity index (χ2v) is 1.94. The summed E-state index contributed by atoms with van der Waals surface area (Å²) >= 11 is 0. The van der Waals surface area contributed by atoms with E-state index in [1.165, 1.54) is 0 Å². The van der Waals surface area contributed by atoms with Crippen LogP contribution in [0.1, 0.15) is 26.7 Å². The first-order valence-corrected chi connectivity index (χ1v) is 4.19. The van der Waals surface area contributed by atoms with Gasteiger partial charge in [-0.3, -0.25) is 0 Å². The van der Waals surface area contributed by atoms with Crippen LogP contribution in [0.3, 0.4) is 0 Å². The Labute approximate surface area is 68.8 Å². The van der Waals surface area contributed by atoms with Crippen molar-refractivity contribution in [3.8, 4) is 0 Å². The molecule has 1 aliphatic heterocycles. The van der Waals surface area contributed by atoms with Crippen LogP contribution in [0.15, 0.2) is 0 Å². The number of nitrogens with one attached hydrogen (secondary N) is 1. The standard InChI is InChI=1S/C5H10FN.C2H6.CH4O/c6-5-2-1-3-7-4-5;2*1-2/h5,7H,1-4H2;1-2H3;2H,1H3. The van der Waals surface area contributed by atoms with Crippen molar-refractivity contribution in [3.05, 3.63) is 0 Å². The molecule has 1 saturated heterocycles. The van der Waals surface area contributed by atoms with Crippen molar-refractivity contribution < 1.29 is 9.50 Å². The molecular formula is C8H20FNO. The summed E-state index contributed by atoms with van der Waals surface area (Å²) in [6.45, 7) is 5.57. The molecular weight excluding hydrogens is 145 g/mol. The first-order valence-electron chi connectivity index (χ1n) is 4.19. The van der Waals surface area contributed by atoms with Crippen molar-refractivity contribution in [2.45, 2.75) is 32.9 Å². The third-order valence-electron chi connectivity index (χ3n) is 1.24. The second-order valence-electron chi connectivity index (χ2n) is 1.94. The Morgan fingerprint density at radius 3 is 2.09 bits per heavy atom. The Morgan fingerprint density at radius 1 is 1.36 bits per heavy atom. The molecule has 0 spiro atoms. The van der Waals surface area contributed by atoms with Gasteiger partial charge in [-0.25, -0.2) is 4.39 Å². The molecule has 1 heterocycles. The summed E-state index contributed by atoms with van der Waals surface area (Å²) in [4.78, 5) is 0. The molecule has 2 N–H and O–H groups in total. The number of aliphatic hydroxyl groups excluding tert-OH is 1. The molecule has 0 amide bonds. The van der Waals surface area contributed by atoms with Crippen molar-refractivity contribution in [2.75, 3.05) is 20.2 Å². The fourth-order valence-corrected chi connectivity index (χ4v) is 0.809. The Kier molecular flexibility index (Phi) is 15.3. The highest BCUT2D eigenvalue weighted by molar-refractivity contribution is 4.66. The predicted molar refractivity (Wildman–Crippen MR) is 46.5 cm³/mol. The topological polar surface area (TPSA) is 32.3 Å². The van der Waals surface area contributed by atoms with Crippen molar-refractivity contribution in [1.82, 2.24) is 5.32 Å². The summed E-state index contributed by atoms with van der Waals surface area (Å²) < 4.78 is 12.1. The van der Waals surface area contributed by atoms with Gasteiger partial charge in [0, 0.05) is 13.7 Å². The van der Waals surface area contributed by atoms with E-state index in [2.05, 4.69) is 5.32 Å². The minimum Gasteiger partial charge on any atom is -0.400 e. The lowest BCUT2D eigenvalue weighted by atomic mass is 10.1. The zero-order valence-electron chi connectivity index (χ0n) is 7.73. The number of halogens is 1. The van der Waals surface area contributed by atoms with Crippen molar-refractivity contribution in [3.63, 3.8) is 0 Å². The van der Waals surface area contributed by atoms with E-state index in [1.54, 1.807) is 0 Å². The largest absolute Gasteiger partial charge is 0.400 e. The minimum absolute atomic E-state index is 0.569. The molecule has 3 heteroatoms. The zero-order valence-corrected chi connectivity index (χ0v) is 7.73. The molecule has 0 aromatic heterocycles. The molecule has 0 aromatic rings. The summed E-state index contributed by atoms with van der Waals surface area (Å²) in [7, 11) is 1.00. The Hall–Kier alpha value is -0.150. The zero-order chi connectivity index (χ0) is 9.11. The summed E-state index contributed by atoms with van der Waals surface area (Å²) in [6.07, 6.45) is 1.18. The lowest BCUT2D eigenvalue weighted by Crippen LogP contribution is -2.30. The Balaban J connectivity index is 0. The van der Waals surface area contributed by atoms with Gasteiger partial charge in [-0.15, -0.1) is 0 Å². The van der Waals surface area contributed by atoms with Gasteiger partial charge in [0.25, 0.3) is 0 Å². The highest BCUT2D eigenvalue weighted by atomic mass is 19.1. The van der Waals surface area contributed by atoms with Crippen LogP contribution >= 0.6 is 0 Å². The molecule has 0 aliphatic carbocycles. The van der Waals surface area contributed by atoms with Gasteiger partial charge in [0.15, 0.2) is 0 Å². The molecule has 0 saturated carbocycles. The minimum atomic E-state index is -0.575. The molecule has 0 radical (unpaired) electrons. The molecule has 2 nitrogen and oxygen atoms in total. The van der Waals surface area contributed by atoms with Crippen LogP contribution < -0.4 is 5.32 Å². The molecule has 11 heavy (non-hydrogen) atoms. The quantitative estimate of drug-likeness (QED) is 0.568. The number of aliphatic hydroxyl groups is 1. The van der Waals surface area contributed by atoms with Crippen LogP contribution in [-0.2, 0) is 0 Å². The fourth-order valence-electron chi connectivity index (χ4n) is 0.809. The fraction of sp³-hybridized carbons (Fsp3) is 1.00. The van der Waals surface area contributed by atoms with E-state index >= 15 is 0 Å². The van der Waals surface area contributed by atoms with Gasteiger partial charge in [0.05, 0.1) is 0 Å². The summed E-state index contributed by atoms with van der Waals surface area (Å²) in [5.74, 6) is 0. The van der Waals surface area contributed by atoms with Crippen molar-refractivity contribution in [1.29, 1.82) is 0 Å². The van der Waals surface area contributed by atoms with E-state index in [0.29, 0.717) is 6.54 Å². The van der Waals surface area contributed by atoms with E-state index in [4.69, 9.17) is 5.11 Å². The van der Waals surface area contributed by atoms with Crippen LogP contribution in [-0.4, -0.2) is 31.5 Å². The van der Waals surface area contributed by atoms with E-state index in [1.807, 2.05) is 13.8 Å². The SMILES string of the molecule is CC.CO.FC1CCCNC1. The molecule has 0 bridgehead atoms. The normalized spacial score (nSPS) is 22.1. The first kappa shape index (κ1) is 13.4. The lowest BCUT2D eigenvalue weighted by Gasteiger charge is -2.14. The van der Waals surface area contributed by atoms with Gasteiger partial charge >= 0.3 is 0 Å². The maximum Gasteiger partial charge on any atom is 0.113 e. The Morgan fingerprint density at radius 2 is 1.91 bits per heavy atom. The first-order chi connectivity index (χ1) is 5.39. The number of piperidine rings is 1. The number of hydrogen-bond acceptors (Lipinski definition) is 2. The van der Waals surface area contributed by atoms with Crippen LogP contribution in [0.2, 0.25) is 0 Å². The number of hydrogen-bond donors (Lipinski definition) is 2. The van der Waals surface area contributed by atoms with Crippen LogP contribution in [0, 0.1) is 0 Å². The van der Waals surface area contributed by atoms with E-state index < -0.39 is 6.17 Å². The molecule has 1 unspecified atom stereocenters. The summed E-state index contributed by atoms with van der Waals surface area (Å²) in [5.41, 5.74) is 0. The monoisotopic (exact) mass is 165 g/mol. The van der Waals surface area contributed by atoms with Gasteiger partial charge in [0.1, 0.15) is 6.17 Å².